The van der Waals surface area contributed by atoms with Crippen LogP contribution in [0.5, 0.6) is 0 Å². The van der Waals surface area contributed by atoms with Crippen molar-refractivity contribution in [3.8, 4) is 0 Å². The van der Waals surface area contributed by atoms with E-state index in [1.54, 1.807) is 20.8 Å². The van der Waals surface area contributed by atoms with Crippen LogP contribution in [0.3, 0.4) is 0 Å². The van der Waals surface area contributed by atoms with Gasteiger partial charge in [0.05, 0.1) is 6.54 Å². The van der Waals surface area contributed by atoms with E-state index in [1.807, 2.05) is 24.3 Å². The van der Waals surface area contributed by atoms with Gasteiger partial charge >= 0.3 is 6.09 Å². The Morgan fingerprint density at radius 2 is 2.17 bits per heavy atom. The third-order valence-electron chi connectivity index (χ3n) is 2.42. The molecule has 3 nitrogen and oxygen atoms in total. The zero-order chi connectivity index (χ0) is 15.0. The lowest BCUT2D eigenvalue weighted by Gasteiger charge is -2.26. The molecule has 0 aliphatic carbocycles. The Kier molecular flexibility index (Phi) is 3.12. The van der Waals surface area contributed by atoms with Gasteiger partial charge in [0.2, 0.25) is 0 Å². The first-order valence-electron chi connectivity index (χ1n) is 6.91. The molecule has 0 spiro atoms. The average molecular weight is 267 g/mol. The van der Waals surface area contributed by atoms with Crippen LogP contribution in [-0.2, 0) is 11.3 Å². The quantitative estimate of drug-likeness (QED) is 0.720. The molecule has 0 saturated carbocycles. The van der Waals surface area contributed by atoms with Crippen molar-refractivity contribution in [2.75, 3.05) is 12.2 Å². The predicted molar refractivity (Wildman–Crippen MR) is 73.8 cm³/mol. The van der Waals surface area contributed by atoms with E-state index in [9.17, 15) is 4.79 Å². The van der Waals surface area contributed by atoms with E-state index in [1.165, 1.54) is 4.90 Å². The van der Waals surface area contributed by atoms with Gasteiger partial charge in [0.15, 0.2) is 0 Å². The Hall–Kier alpha value is -1.16. The lowest BCUT2D eigenvalue weighted by Crippen LogP contribution is -2.37. The molecule has 1 amide bonds. The van der Waals surface area contributed by atoms with Crippen molar-refractivity contribution in [3.05, 3.63) is 29.8 Å². The maximum atomic E-state index is 12.2. The number of hydrogen-bond donors (Lipinski definition) is 0. The SMILES string of the molecule is [2H]C1([2H])CN(C(=O)OC(C)(C)C)Cc2ccccc2S1. The van der Waals surface area contributed by atoms with Crippen molar-refractivity contribution >= 4 is 17.9 Å². The van der Waals surface area contributed by atoms with Gasteiger partial charge in [-0.05, 0) is 32.4 Å². The van der Waals surface area contributed by atoms with E-state index >= 15 is 0 Å². The summed E-state index contributed by atoms with van der Waals surface area (Å²) in [4.78, 5) is 14.5. The first-order valence-corrected chi connectivity index (χ1v) is 6.73. The number of nitrogens with zero attached hydrogens (tertiary/aromatic N) is 1. The number of amides is 1. The highest BCUT2D eigenvalue weighted by Crippen LogP contribution is 2.27. The average Bonchev–Trinajstić information content (AvgIpc) is 2.41. The molecule has 0 unspecified atom stereocenters. The third kappa shape index (κ3) is 3.42. The molecule has 98 valence electrons. The van der Waals surface area contributed by atoms with Gasteiger partial charge in [-0.25, -0.2) is 4.79 Å². The van der Waals surface area contributed by atoms with Crippen LogP contribution in [0.1, 0.15) is 29.1 Å². The standard InChI is InChI=1S/C14H19NO2S/c1-14(2,3)17-13(16)15-8-9-18-12-7-5-4-6-11(12)10-15/h4-7H,8-10H2,1-3H3/i9D2. The second-order valence-corrected chi connectivity index (χ2v) is 6.12. The topological polar surface area (TPSA) is 29.5 Å². The minimum Gasteiger partial charge on any atom is -0.444 e. The maximum absolute atomic E-state index is 12.2. The molecule has 0 bridgehead atoms. The van der Waals surface area contributed by atoms with Crippen LogP contribution in [0.2, 0.25) is 0 Å². The molecule has 0 saturated heterocycles. The third-order valence-corrected chi connectivity index (χ3v) is 3.31. The molecular formula is C14H19NO2S. The van der Waals surface area contributed by atoms with Crippen LogP contribution in [0.4, 0.5) is 4.79 Å². The zero-order valence-corrected chi connectivity index (χ0v) is 11.7. The molecule has 18 heavy (non-hydrogen) atoms. The summed E-state index contributed by atoms with van der Waals surface area (Å²) in [6, 6.07) is 7.58. The van der Waals surface area contributed by atoms with Crippen molar-refractivity contribution in [1.82, 2.24) is 4.90 Å². The fourth-order valence-electron chi connectivity index (χ4n) is 1.64. The number of thioether (sulfide) groups is 1. The molecular weight excluding hydrogens is 246 g/mol. The largest absolute Gasteiger partial charge is 0.444 e. The molecule has 4 heteroatoms. The number of benzene rings is 1. The fourth-order valence-corrected chi connectivity index (χ4v) is 2.43. The molecule has 0 aromatic heterocycles. The van der Waals surface area contributed by atoms with E-state index in [4.69, 9.17) is 7.48 Å². The van der Waals surface area contributed by atoms with E-state index in [-0.39, 0.29) is 6.54 Å². The van der Waals surface area contributed by atoms with Crippen LogP contribution < -0.4 is 0 Å². The smallest absolute Gasteiger partial charge is 0.410 e. The van der Waals surface area contributed by atoms with Gasteiger partial charge in [-0.1, -0.05) is 18.2 Å². The lowest BCUT2D eigenvalue weighted by molar-refractivity contribution is 0.0247. The highest BCUT2D eigenvalue weighted by atomic mass is 32.2. The zero-order valence-electron chi connectivity index (χ0n) is 12.9. The number of ether oxygens (including phenoxy) is 1. The highest BCUT2D eigenvalue weighted by Gasteiger charge is 2.24. The minimum absolute atomic E-state index is 0.0151. The van der Waals surface area contributed by atoms with Crippen molar-refractivity contribution in [2.45, 2.75) is 37.8 Å². The van der Waals surface area contributed by atoms with Crippen LogP contribution in [0.25, 0.3) is 0 Å². The molecule has 0 atom stereocenters. The van der Waals surface area contributed by atoms with Crippen LogP contribution >= 0.6 is 11.8 Å². The summed E-state index contributed by atoms with van der Waals surface area (Å²) in [7, 11) is 0. The Labute approximate surface area is 115 Å². The van der Waals surface area contributed by atoms with Crippen molar-refractivity contribution in [3.63, 3.8) is 0 Å². The van der Waals surface area contributed by atoms with Crippen molar-refractivity contribution in [1.29, 1.82) is 0 Å². The Balaban J connectivity index is 2.25. The monoisotopic (exact) mass is 267 g/mol. The van der Waals surface area contributed by atoms with Gasteiger partial charge in [-0.15, -0.1) is 11.8 Å². The molecule has 1 aromatic carbocycles. The van der Waals surface area contributed by atoms with Gasteiger partial charge in [0.25, 0.3) is 0 Å². The summed E-state index contributed by atoms with van der Waals surface area (Å²) in [6.07, 6.45) is -0.473. The Morgan fingerprint density at radius 1 is 1.44 bits per heavy atom. The van der Waals surface area contributed by atoms with E-state index in [2.05, 4.69) is 0 Å². The number of fused-ring (bicyclic) bond motifs is 1. The Bertz CT molecular complexity index is 514. The van der Waals surface area contributed by atoms with Crippen LogP contribution in [0, 0.1) is 0 Å². The van der Waals surface area contributed by atoms with Crippen molar-refractivity contribution < 1.29 is 12.3 Å². The molecule has 1 aliphatic heterocycles. The number of hydrogen-bond acceptors (Lipinski definition) is 3. The van der Waals surface area contributed by atoms with Crippen LogP contribution in [0.15, 0.2) is 29.2 Å². The summed E-state index contributed by atoms with van der Waals surface area (Å²) in [6.45, 7) is 5.80. The maximum Gasteiger partial charge on any atom is 0.410 e. The predicted octanol–water partition coefficient (Wildman–Crippen LogP) is 3.53. The molecule has 1 heterocycles. The van der Waals surface area contributed by atoms with Gasteiger partial charge < -0.3 is 9.64 Å². The first-order chi connectivity index (χ1) is 9.16. The van der Waals surface area contributed by atoms with Gasteiger partial charge in [-0.2, -0.15) is 0 Å². The summed E-state index contributed by atoms with van der Waals surface area (Å²) < 4.78 is 21.4. The number of carbonyl (C=O) groups is 1. The normalized spacial score (nSPS) is 20.3. The second-order valence-electron chi connectivity index (χ2n) is 5.19. The number of rotatable bonds is 0. The van der Waals surface area contributed by atoms with E-state index in [0.29, 0.717) is 6.54 Å². The molecule has 0 radical (unpaired) electrons. The molecule has 2 rings (SSSR count). The molecule has 0 fully saturated rings. The molecule has 1 aromatic rings. The summed E-state index contributed by atoms with van der Waals surface area (Å²) >= 11 is 1.16. The summed E-state index contributed by atoms with van der Waals surface area (Å²) in [5, 5.41) is 0. The minimum atomic E-state index is -1.52. The van der Waals surface area contributed by atoms with E-state index in [0.717, 1.165) is 22.2 Å². The van der Waals surface area contributed by atoms with Crippen molar-refractivity contribution in [2.24, 2.45) is 0 Å². The van der Waals surface area contributed by atoms with Crippen LogP contribution in [-0.4, -0.2) is 28.8 Å². The van der Waals surface area contributed by atoms with Gasteiger partial charge in [0.1, 0.15) is 5.60 Å². The second kappa shape index (κ2) is 5.22. The van der Waals surface area contributed by atoms with Gasteiger partial charge in [0, 0.05) is 19.9 Å². The summed E-state index contributed by atoms with van der Waals surface area (Å²) in [5.74, 6) is 0. The fraction of sp³-hybridized carbons (Fsp3) is 0.500. The molecule has 1 aliphatic rings. The Morgan fingerprint density at radius 3 is 2.89 bits per heavy atom. The molecule has 0 N–H and O–H groups in total. The summed E-state index contributed by atoms with van der Waals surface area (Å²) in [5.41, 5.74) is -1.16. The van der Waals surface area contributed by atoms with Gasteiger partial charge in [-0.3, -0.25) is 0 Å². The lowest BCUT2D eigenvalue weighted by atomic mass is 10.2. The first kappa shape index (κ1) is 10.7. The number of carbonyl (C=O) groups excluding carboxylic acids is 1. The highest BCUT2D eigenvalue weighted by molar-refractivity contribution is 7.99. The van der Waals surface area contributed by atoms with E-state index < -0.39 is 17.4 Å².